The predicted molar refractivity (Wildman–Crippen MR) is 95.2 cm³/mol. The van der Waals surface area contributed by atoms with Crippen LogP contribution in [0, 0.1) is 5.92 Å². The van der Waals surface area contributed by atoms with Crippen molar-refractivity contribution in [3.8, 4) is 0 Å². The first kappa shape index (κ1) is 18.9. The van der Waals surface area contributed by atoms with E-state index in [-0.39, 0.29) is 24.4 Å². The Balaban J connectivity index is 1.48. The summed E-state index contributed by atoms with van der Waals surface area (Å²) in [7, 11) is 0. The van der Waals surface area contributed by atoms with Crippen molar-refractivity contribution >= 4 is 11.9 Å². The average Bonchev–Trinajstić information content (AvgIpc) is 3.29. The highest BCUT2D eigenvalue weighted by Gasteiger charge is 2.23. The molecule has 1 aliphatic rings. The monoisotopic (exact) mass is 375 g/mol. The molecule has 27 heavy (non-hydrogen) atoms. The number of nitrogens with zero attached hydrogens (tertiary/aromatic N) is 5. The van der Waals surface area contributed by atoms with Crippen LogP contribution in [0.1, 0.15) is 43.9 Å². The predicted octanol–water partition coefficient (Wildman–Crippen LogP) is 0.826. The Morgan fingerprint density at radius 2 is 2.04 bits per heavy atom. The third kappa shape index (κ3) is 4.63. The fourth-order valence-electron chi connectivity index (χ4n) is 2.86. The van der Waals surface area contributed by atoms with Crippen molar-refractivity contribution in [2.24, 2.45) is 5.92 Å². The quantitative estimate of drug-likeness (QED) is 0.772. The molecule has 0 fully saturated rings. The number of rotatable bonds is 6. The molecule has 2 N–H and O–H groups in total. The van der Waals surface area contributed by atoms with Crippen LogP contribution in [0.25, 0.3) is 0 Å². The minimum atomic E-state index is -0.339. The molecule has 10 heteroatoms. The summed E-state index contributed by atoms with van der Waals surface area (Å²) < 4.78 is 6.91. The molecular weight excluding hydrogens is 350 g/mol. The second-order valence-electron chi connectivity index (χ2n) is 6.76. The van der Waals surface area contributed by atoms with E-state index in [1.807, 2.05) is 36.4 Å². The van der Waals surface area contributed by atoms with Crippen LogP contribution in [0.2, 0.25) is 0 Å². The maximum absolute atomic E-state index is 12.2. The number of urea groups is 1. The zero-order valence-electron chi connectivity index (χ0n) is 15.9. The second kappa shape index (κ2) is 8.19. The maximum Gasteiger partial charge on any atom is 0.315 e. The number of carbonyl (C=O) groups is 2. The maximum atomic E-state index is 12.2. The van der Waals surface area contributed by atoms with Crippen molar-refractivity contribution in [2.45, 2.75) is 53.4 Å². The summed E-state index contributed by atoms with van der Waals surface area (Å²) in [6.07, 6.45) is 0.681. The van der Waals surface area contributed by atoms with Crippen LogP contribution < -0.4 is 10.6 Å². The number of hydrogen-bond acceptors (Lipinski definition) is 6. The van der Waals surface area contributed by atoms with Gasteiger partial charge in [0.05, 0.1) is 37.6 Å². The number of aromatic nitrogens is 4. The summed E-state index contributed by atoms with van der Waals surface area (Å²) in [5, 5.41) is 13.7. The van der Waals surface area contributed by atoms with Gasteiger partial charge in [0.1, 0.15) is 0 Å². The van der Waals surface area contributed by atoms with Crippen LogP contribution in [0.4, 0.5) is 4.79 Å². The topological polar surface area (TPSA) is 118 Å². The summed E-state index contributed by atoms with van der Waals surface area (Å²) in [5.41, 5.74) is 1.73. The van der Waals surface area contributed by atoms with Crippen LogP contribution >= 0.6 is 0 Å². The van der Waals surface area contributed by atoms with Crippen molar-refractivity contribution in [2.75, 3.05) is 6.54 Å². The van der Waals surface area contributed by atoms with Crippen LogP contribution in [-0.4, -0.2) is 43.3 Å². The van der Waals surface area contributed by atoms with Crippen molar-refractivity contribution in [3.63, 3.8) is 0 Å². The molecule has 1 aliphatic heterocycles. The van der Waals surface area contributed by atoms with Gasteiger partial charge in [0.15, 0.2) is 5.82 Å². The molecule has 10 nitrogen and oxygen atoms in total. The molecule has 0 saturated carbocycles. The normalized spacial score (nSPS) is 13.6. The summed E-state index contributed by atoms with van der Waals surface area (Å²) in [5.74, 6) is 1.11. The lowest BCUT2D eigenvalue weighted by Gasteiger charge is -2.29. The van der Waals surface area contributed by atoms with Gasteiger partial charge in [-0.3, -0.25) is 9.48 Å². The molecule has 0 unspecified atom stereocenters. The van der Waals surface area contributed by atoms with E-state index in [1.165, 1.54) is 0 Å². The Morgan fingerprint density at radius 1 is 1.26 bits per heavy atom. The lowest BCUT2D eigenvalue weighted by Crippen LogP contribution is -2.40. The first-order chi connectivity index (χ1) is 13.0. The van der Waals surface area contributed by atoms with Gasteiger partial charge in [-0.05, 0) is 6.07 Å². The number of carbonyl (C=O) groups excluding carboxylic acids is 2. The first-order valence-electron chi connectivity index (χ1n) is 9.13. The number of nitrogens with one attached hydrogen (secondary N) is 2. The molecule has 146 valence electrons. The Labute approximate surface area is 157 Å². The highest BCUT2D eigenvalue weighted by Crippen LogP contribution is 2.15. The molecule has 3 heterocycles. The zero-order valence-corrected chi connectivity index (χ0v) is 15.9. The van der Waals surface area contributed by atoms with Gasteiger partial charge in [-0.1, -0.05) is 25.9 Å². The Kier molecular flexibility index (Phi) is 5.72. The van der Waals surface area contributed by atoms with E-state index in [4.69, 9.17) is 4.52 Å². The minimum absolute atomic E-state index is 0.0171. The summed E-state index contributed by atoms with van der Waals surface area (Å²) in [6.45, 7) is 8.07. The molecule has 0 radical (unpaired) electrons. The van der Waals surface area contributed by atoms with Gasteiger partial charge < -0.3 is 20.1 Å². The van der Waals surface area contributed by atoms with Gasteiger partial charge in [-0.2, -0.15) is 10.1 Å². The molecule has 0 aromatic carbocycles. The van der Waals surface area contributed by atoms with Gasteiger partial charge in [-0.15, -0.1) is 0 Å². The molecule has 0 spiro atoms. The molecule has 0 aliphatic carbocycles. The van der Waals surface area contributed by atoms with Crippen LogP contribution in [0.3, 0.4) is 0 Å². The largest absolute Gasteiger partial charge is 0.337 e. The molecule has 0 saturated heterocycles. The van der Waals surface area contributed by atoms with Gasteiger partial charge in [0.25, 0.3) is 0 Å². The third-order valence-corrected chi connectivity index (χ3v) is 4.31. The number of aryl methyl sites for hydroxylation is 1. The van der Waals surface area contributed by atoms with E-state index in [0.29, 0.717) is 44.3 Å². The molecule has 2 aromatic heterocycles. The first-order valence-corrected chi connectivity index (χ1v) is 9.13. The molecule has 3 amide bonds. The number of fused-ring (bicyclic) bond motifs is 1. The van der Waals surface area contributed by atoms with E-state index in [9.17, 15) is 9.59 Å². The SMILES string of the molecule is CCc1noc(CNC(=O)NCc2cc3n(n2)CCN(C(=O)C(C)C)C3)n1. The zero-order chi connectivity index (χ0) is 19.4. The lowest BCUT2D eigenvalue weighted by atomic mass is 10.1. The molecule has 2 aromatic rings. The van der Waals surface area contributed by atoms with E-state index >= 15 is 0 Å². The molecule has 0 bridgehead atoms. The number of amides is 3. The van der Waals surface area contributed by atoms with Crippen molar-refractivity contribution in [1.82, 2.24) is 35.5 Å². The van der Waals surface area contributed by atoms with Crippen molar-refractivity contribution in [1.29, 1.82) is 0 Å². The third-order valence-electron chi connectivity index (χ3n) is 4.31. The molecular formula is C17H25N7O3. The van der Waals surface area contributed by atoms with E-state index in [1.54, 1.807) is 0 Å². The van der Waals surface area contributed by atoms with Crippen LogP contribution in [-0.2, 0) is 37.4 Å². The standard InChI is InChI=1S/C17H25N7O3/c1-4-14-20-15(27-22-14)9-19-17(26)18-8-12-7-13-10-23(16(25)11(2)3)5-6-24(13)21-12/h7,11H,4-6,8-10H2,1-3H3,(H2,18,19,26). The highest BCUT2D eigenvalue weighted by molar-refractivity contribution is 5.78. The van der Waals surface area contributed by atoms with Gasteiger partial charge in [-0.25, -0.2) is 4.79 Å². The highest BCUT2D eigenvalue weighted by atomic mass is 16.5. The van der Waals surface area contributed by atoms with E-state index in [2.05, 4.69) is 25.9 Å². The lowest BCUT2D eigenvalue weighted by molar-refractivity contribution is -0.136. The number of hydrogen-bond donors (Lipinski definition) is 2. The summed E-state index contributed by atoms with van der Waals surface area (Å²) in [4.78, 5) is 30.1. The summed E-state index contributed by atoms with van der Waals surface area (Å²) >= 11 is 0. The van der Waals surface area contributed by atoms with Gasteiger partial charge >= 0.3 is 6.03 Å². The Bertz CT molecular complexity index is 811. The van der Waals surface area contributed by atoms with Crippen LogP contribution in [0.5, 0.6) is 0 Å². The van der Waals surface area contributed by atoms with Crippen molar-refractivity contribution in [3.05, 3.63) is 29.2 Å². The summed E-state index contributed by atoms with van der Waals surface area (Å²) in [6, 6.07) is 1.58. The van der Waals surface area contributed by atoms with Gasteiger partial charge in [0.2, 0.25) is 11.8 Å². The minimum Gasteiger partial charge on any atom is -0.337 e. The van der Waals surface area contributed by atoms with E-state index in [0.717, 1.165) is 11.4 Å². The van der Waals surface area contributed by atoms with Crippen molar-refractivity contribution < 1.29 is 14.1 Å². The second-order valence-corrected chi connectivity index (χ2v) is 6.76. The fourth-order valence-corrected chi connectivity index (χ4v) is 2.86. The van der Waals surface area contributed by atoms with Gasteiger partial charge in [0, 0.05) is 18.9 Å². The van der Waals surface area contributed by atoms with Crippen LogP contribution in [0.15, 0.2) is 10.6 Å². The average molecular weight is 375 g/mol. The fraction of sp³-hybridized carbons (Fsp3) is 0.588. The molecule has 3 rings (SSSR count). The Hall–Kier alpha value is -2.91. The van der Waals surface area contributed by atoms with E-state index < -0.39 is 0 Å². The smallest absolute Gasteiger partial charge is 0.315 e. The Morgan fingerprint density at radius 3 is 2.74 bits per heavy atom. The molecule has 0 atom stereocenters.